The first-order valence-corrected chi connectivity index (χ1v) is 13.5. The summed E-state index contributed by atoms with van der Waals surface area (Å²) >= 11 is 6.28. The molecule has 1 fully saturated rings. The van der Waals surface area contributed by atoms with Crippen LogP contribution in [-0.4, -0.2) is 64.5 Å². The molecule has 4 rings (SSSR count). The Morgan fingerprint density at radius 3 is 2.42 bits per heavy atom. The predicted molar refractivity (Wildman–Crippen MR) is 151 cm³/mol. The molecule has 0 radical (unpaired) electrons. The molecule has 10 nitrogen and oxygen atoms in total. The number of carbonyl (C=O) groups excluding carboxylic acids is 2. The SMILES string of the molecule is CC(C)CN(NC(=O)c1ccc(CN2CCN(C(=O)OCc3ccccc3)CC2)cc1)c1nc(C#N)ncc1Cl. The molecule has 208 valence electrons. The first-order valence-electron chi connectivity index (χ1n) is 13.1. The van der Waals surface area contributed by atoms with Crippen LogP contribution < -0.4 is 10.4 Å². The number of rotatable bonds is 9. The quantitative estimate of drug-likeness (QED) is 0.385. The number of carbonyl (C=O) groups is 2. The molecule has 1 aliphatic heterocycles. The van der Waals surface area contributed by atoms with E-state index in [1.54, 1.807) is 22.0 Å². The van der Waals surface area contributed by atoms with Crippen molar-refractivity contribution in [2.75, 3.05) is 37.7 Å². The van der Waals surface area contributed by atoms with Crippen LogP contribution in [0.25, 0.3) is 0 Å². The maximum absolute atomic E-state index is 13.1. The largest absolute Gasteiger partial charge is 0.445 e. The number of hydrazine groups is 1. The van der Waals surface area contributed by atoms with Crippen LogP contribution in [0.2, 0.25) is 5.02 Å². The maximum Gasteiger partial charge on any atom is 0.410 e. The Balaban J connectivity index is 1.29. The van der Waals surface area contributed by atoms with Crippen LogP contribution in [0.4, 0.5) is 10.6 Å². The Morgan fingerprint density at radius 1 is 1.07 bits per heavy atom. The Hall–Kier alpha value is -4.20. The van der Waals surface area contributed by atoms with Gasteiger partial charge in [-0.2, -0.15) is 10.2 Å². The van der Waals surface area contributed by atoms with Crippen molar-refractivity contribution in [2.45, 2.75) is 27.0 Å². The fourth-order valence-electron chi connectivity index (χ4n) is 4.26. The highest BCUT2D eigenvalue weighted by Crippen LogP contribution is 2.22. The van der Waals surface area contributed by atoms with Crippen LogP contribution in [0.3, 0.4) is 0 Å². The standard InChI is InChI=1S/C29H32ClN7O3/c1-21(2)18-37(27-25(30)17-32-26(16-31)33-27)34-28(38)24-10-8-22(9-11-24)19-35-12-14-36(15-13-35)29(39)40-20-23-6-4-3-5-7-23/h3-11,17,21H,12-15,18-20H2,1-2H3,(H,34,38). The molecule has 2 amide bonds. The van der Waals surface area contributed by atoms with Crippen LogP contribution >= 0.6 is 11.6 Å². The molecule has 0 aliphatic carbocycles. The van der Waals surface area contributed by atoms with E-state index in [0.29, 0.717) is 31.7 Å². The summed E-state index contributed by atoms with van der Waals surface area (Å²) in [4.78, 5) is 37.5. The van der Waals surface area contributed by atoms with E-state index in [9.17, 15) is 9.59 Å². The highest BCUT2D eigenvalue weighted by Gasteiger charge is 2.23. The fourth-order valence-corrected chi connectivity index (χ4v) is 4.45. The van der Waals surface area contributed by atoms with Gasteiger partial charge in [-0.3, -0.25) is 20.1 Å². The molecule has 2 aromatic carbocycles. The lowest BCUT2D eigenvalue weighted by Gasteiger charge is -2.34. The monoisotopic (exact) mass is 561 g/mol. The minimum Gasteiger partial charge on any atom is -0.445 e. The minimum atomic E-state index is -0.317. The van der Waals surface area contributed by atoms with Crippen molar-refractivity contribution in [1.29, 1.82) is 5.26 Å². The highest BCUT2D eigenvalue weighted by atomic mass is 35.5. The van der Waals surface area contributed by atoms with Gasteiger partial charge in [0, 0.05) is 44.8 Å². The number of nitriles is 1. The van der Waals surface area contributed by atoms with Gasteiger partial charge in [-0.1, -0.05) is 67.9 Å². The van der Waals surface area contributed by atoms with Crippen LogP contribution in [0.15, 0.2) is 60.8 Å². The Kier molecular flexibility index (Phi) is 9.89. The Morgan fingerprint density at radius 2 is 1.77 bits per heavy atom. The molecule has 40 heavy (non-hydrogen) atoms. The summed E-state index contributed by atoms with van der Waals surface area (Å²) in [6.45, 7) is 8.08. The molecule has 1 aromatic heterocycles. The molecule has 2 heterocycles. The number of piperazine rings is 1. The van der Waals surface area contributed by atoms with Crippen molar-refractivity contribution in [2.24, 2.45) is 5.92 Å². The van der Waals surface area contributed by atoms with Crippen molar-refractivity contribution in [3.63, 3.8) is 0 Å². The van der Waals surface area contributed by atoms with Gasteiger partial charge in [0.05, 0.1) is 6.20 Å². The summed E-state index contributed by atoms with van der Waals surface area (Å²) in [7, 11) is 0. The molecule has 0 spiro atoms. The van der Waals surface area contributed by atoms with Crippen molar-refractivity contribution in [3.05, 3.63) is 88.3 Å². The summed E-state index contributed by atoms with van der Waals surface area (Å²) < 4.78 is 5.45. The number of hydrogen-bond donors (Lipinski definition) is 1. The summed E-state index contributed by atoms with van der Waals surface area (Å²) in [5.74, 6) is 0.111. The third-order valence-electron chi connectivity index (χ3n) is 6.32. The van der Waals surface area contributed by atoms with E-state index >= 15 is 0 Å². The number of hydrogen-bond acceptors (Lipinski definition) is 8. The smallest absolute Gasteiger partial charge is 0.410 e. The van der Waals surface area contributed by atoms with Gasteiger partial charge in [0.25, 0.3) is 5.91 Å². The van der Waals surface area contributed by atoms with E-state index in [1.807, 2.05) is 62.4 Å². The van der Waals surface area contributed by atoms with E-state index < -0.39 is 0 Å². The van der Waals surface area contributed by atoms with Crippen molar-refractivity contribution in [3.8, 4) is 6.07 Å². The number of anilines is 1. The molecule has 0 unspecified atom stereocenters. The van der Waals surface area contributed by atoms with Crippen molar-refractivity contribution < 1.29 is 14.3 Å². The molecule has 0 saturated carbocycles. The minimum absolute atomic E-state index is 0.0309. The maximum atomic E-state index is 13.1. The van der Waals surface area contributed by atoms with E-state index in [-0.39, 0.29) is 41.2 Å². The second-order valence-corrected chi connectivity index (χ2v) is 10.3. The van der Waals surface area contributed by atoms with Crippen LogP contribution in [0.5, 0.6) is 0 Å². The molecule has 1 aliphatic rings. The zero-order valence-electron chi connectivity index (χ0n) is 22.6. The van der Waals surface area contributed by atoms with Gasteiger partial charge in [-0.15, -0.1) is 0 Å². The molecule has 11 heteroatoms. The van der Waals surface area contributed by atoms with Crippen molar-refractivity contribution in [1.82, 2.24) is 25.2 Å². The van der Waals surface area contributed by atoms with E-state index in [0.717, 1.165) is 24.2 Å². The molecule has 0 bridgehead atoms. The van der Waals surface area contributed by atoms with Gasteiger partial charge in [0.2, 0.25) is 5.82 Å². The lowest BCUT2D eigenvalue weighted by Crippen LogP contribution is -2.48. The number of amides is 2. The topological polar surface area (TPSA) is 115 Å². The van der Waals surface area contributed by atoms with E-state index in [1.165, 1.54) is 6.20 Å². The second-order valence-electron chi connectivity index (χ2n) is 9.92. The molecular formula is C29H32ClN7O3. The average Bonchev–Trinajstić information content (AvgIpc) is 2.97. The normalized spacial score (nSPS) is 13.5. The molecular weight excluding hydrogens is 530 g/mol. The number of aromatic nitrogens is 2. The third-order valence-corrected chi connectivity index (χ3v) is 6.59. The highest BCUT2D eigenvalue weighted by molar-refractivity contribution is 6.32. The van der Waals surface area contributed by atoms with Gasteiger partial charge in [-0.25, -0.2) is 9.78 Å². The number of benzene rings is 2. The fraction of sp³-hybridized carbons (Fsp3) is 0.345. The van der Waals surface area contributed by atoms with Crippen LogP contribution in [0, 0.1) is 17.2 Å². The predicted octanol–water partition coefficient (Wildman–Crippen LogP) is 4.26. The first-order chi connectivity index (χ1) is 19.3. The lowest BCUT2D eigenvalue weighted by atomic mass is 10.1. The van der Waals surface area contributed by atoms with Gasteiger partial charge < -0.3 is 9.64 Å². The number of nitrogens with zero attached hydrogens (tertiary/aromatic N) is 6. The van der Waals surface area contributed by atoms with Gasteiger partial charge in [0.1, 0.15) is 17.7 Å². The first kappa shape index (κ1) is 28.8. The molecule has 3 aromatic rings. The van der Waals surface area contributed by atoms with Gasteiger partial charge in [-0.05, 0) is 29.2 Å². The molecule has 1 N–H and O–H groups in total. The van der Waals surface area contributed by atoms with Crippen LogP contribution in [-0.2, 0) is 17.9 Å². The molecule has 0 atom stereocenters. The molecule has 1 saturated heterocycles. The number of nitrogens with one attached hydrogen (secondary N) is 1. The van der Waals surface area contributed by atoms with Gasteiger partial charge in [0.15, 0.2) is 5.82 Å². The summed E-state index contributed by atoms with van der Waals surface area (Å²) in [6.07, 6.45) is 1.06. The number of halogens is 1. The van der Waals surface area contributed by atoms with E-state index in [2.05, 4.69) is 20.3 Å². The van der Waals surface area contributed by atoms with Gasteiger partial charge >= 0.3 is 6.09 Å². The summed E-state index contributed by atoms with van der Waals surface area (Å²) in [5, 5.41) is 11.0. The number of ether oxygens (including phenoxy) is 1. The second kappa shape index (κ2) is 13.7. The Bertz CT molecular complexity index is 1340. The lowest BCUT2D eigenvalue weighted by molar-refractivity contribution is 0.0700. The van der Waals surface area contributed by atoms with Crippen LogP contribution in [0.1, 0.15) is 41.2 Å². The summed E-state index contributed by atoms with van der Waals surface area (Å²) in [6, 6.07) is 18.9. The zero-order chi connectivity index (χ0) is 28.5. The average molecular weight is 562 g/mol. The Labute approximate surface area is 239 Å². The third kappa shape index (κ3) is 7.91. The van der Waals surface area contributed by atoms with E-state index in [4.69, 9.17) is 21.6 Å². The van der Waals surface area contributed by atoms with Crippen molar-refractivity contribution >= 4 is 29.4 Å². The summed E-state index contributed by atoms with van der Waals surface area (Å²) in [5.41, 5.74) is 5.37. The zero-order valence-corrected chi connectivity index (χ0v) is 23.3.